The van der Waals surface area contributed by atoms with Crippen LogP contribution in [-0.2, 0) is 13.0 Å². The van der Waals surface area contributed by atoms with Crippen molar-refractivity contribution < 1.29 is 0 Å². The molecule has 2 aliphatic heterocycles. The van der Waals surface area contributed by atoms with E-state index in [1.54, 1.807) is 5.56 Å². The number of anilines is 1. The average Bonchev–Trinajstić information content (AvgIpc) is 2.54. The van der Waals surface area contributed by atoms with Gasteiger partial charge in [-0.25, -0.2) is 0 Å². The first kappa shape index (κ1) is 13.9. The van der Waals surface area contributed by atoms with Gasteiger partial charge in [-0.2, -0.15) is 0 Å². The van der Waals surface area contributed by atoms with Crippen LogP contribution in [0.15, 0.2) is 18.2 Å². The summed E-state index contributed by atoms with van der Waals surface area (Å²) in [6.45, 7) is 8.12. The summed E-state index contributed by atoms with van der Waals surface area (Å²) in [5, 5.41) is 3.47. The van der Waals surface area contributed by atoms with Crippen molar-refractivity contribution in [2.24, 2.45) is 0 Å². The molecular formula is C17H27N3. The molecule has 3 nitrogen and oxygen atoms in total. The van der Waals surface area contributed by atoms with Crippen LogP contribution in [0, 0.1) is 0 Å². The van der Waals surface area contributed by atoms with E-state index in [0.29, 0.717) is 6.04 Å². The van der Waals surface area contributed by atoms with Crippen molar-refractivity contribution >= 4 is 5.69 Å². The van der Waals surface area contributed by atoms with Crippen LogP contribution in [0.25, 0.3) is 0 Å². The van der Waals surface area contributed by atoms with Crippen LogP contribution in [0.1, 0.15) is 30.9 Å². The maximum Gasteiger partial charge on any atom is 0.0402 e. The van der Waals surface area contributed by atoms with Crippen molar-refractivity contribution in [1.29, 1.82) is 0 Å². The monoisotopic (exact) mass is 273 g/mol. The minimum atomic E-state index is 0.708. The number of benzene rings is 1. The summed E-state index contributed by atoms with van der Waals surface area (Å²) in [4.78, 5) is 5.12. The van der Waals surface area contributed by atoms with Gasteiger partial charge >= 0.3 is 0 Å². The van der Waals surface area contributed by atoms with Gasteiger partial charge in [0.05, 0.1) is 0 Å². The van der Waals surface area contributed by atoms with Gasteiger partial charge in [-0.15, -0.1) is 0 Å². The Bertz CT molecular complexity index is 450. The molecule has 0 aromatic heterocycles. The van der Waals surface area contributed by atoms with Gasteiger partial charge < -0.3 is 15.1 Å². The number of piperidine rings is 1. The van der Waals surface area contributed by atoms with E-state index in [0.717, 1.165) is 13.1 Å². The van der Waals surface area contributed by atoms with Crippen LogP contribution >= 0.6 is 0 Å². The summed E-state index contributed by atoms with van der Waals surface area (Å²) < 4.78 is 0. The van der Waals surface area contributed by atoms with E-state index in [2.05, 4.69) is 47.3 Å². The zero-order valence-corrected chi connectivity index (χ0v) is 12.9. The molecule has 2 aliphatic rings. The summed E-state index contributed by atoms with van der Waals surface area (Å²) in [6, 6.07) is 7.52. The number of fused-ring (bicyclic) bond motifs is 1. The van der Waals surface area contributed by atoms with Gasteiger partial charge in [0.25, 0.3) is 0 Å². The van der Waals surface area contributed by atoms with Crippen LogP contribution < -0.4 is 10.2 Å². The average molecular weight is 273 g/mol. The fraction of sp³-hybridized carbons (Fsp3) is 0.647. The fourth-order valence-corrected chi connectivity index (χ4v) is 3.66. The molecule has 0 unspecified atom stereocenters. The largest absolute Gasteiger partial charge is 0.371 e. The SMILES string of the molecule is CCN1CCC(N(C)c2cccc3c2CCNC3)CC1. The molecule has 110 valence electrons. The summed E-state index contributed by atoms with van der Waals surface area (Å²) in [7, 11) is 2.30. The zero-order valence-electron chi connectivity index (χ0n) is 12.9. The molecule has 1 N–H and O–H groups in total. The molecule has 0 atom stereocenters. The van der Waals surface area contributed by atoms with Crippen molar-refractivity contribution in [1.82, 2.24) is 10.2 Å². The maximum absolute atomic E-state index is 3.47. The second-order valence-corrected chi connectivity index (χ2v) is 6.12. The third kappa shape index (κ3) is 2.70. The molecule has 0 spiro atoms. The molecular weight excluding hydrogens is 246 g/mol. The Labute approximate surface area is 123 Å². The summed E-state index contributed by atoms with van der Waals surface area (Å²) >= 11 is 0. The Kier molecular flexibility index (Phi) is 4.27. The second-order valence-electron chi connectivity index (χ2n) is 6.12. The van der Waals surface area contributed by atoms with Gasteiger partial charge in [-0.05, 0) is 49.5 Å². The predicted octanol–water partition coefficient (Wildman–Crippen LogP) is 2.25. The first-order chi connectivity index (χ1) is 9.79. The second kappa shape index (κ2) is 6.15. The highest BCUT2D eigenvalue weighted by Crippen LogP contribution is 2.29. The number of nitrogens with zero attached hydrogens (tertiary/aromatic N) is 2. The highest BCUT2D eigenvalue weighted by molar-refractivity contribution is 5.58. The molecule has 2 heterocycles. The molecule has 0 amide bonds. The molecule has 0 bridgehead atoms. The predicted molar refractivity (Wildman–Crippen MR) is 85.4 cm³/mol. The van der Waals surface area contributed by atoms with Crippen molar-refractivity contribution in [3.8, 4) is 0 Å². The first-order valence-corrected chi connectivity index (χ1v) is 8.06. The highest BCUT2D eigenvalue weighted by Gasteiger charge is 2.24. The number of nitrogens with one attached hydrogen (secondary N) is 1. The molecule has 1 aromatic rings. The Balaban J connectivity index is 1.76. The lowest BCUT2D eigenvalue weighted by Crippen LogP contribution is -2.43. The highest BCUT2D eigenvalue weighted by atomic mass is 15.2. The van der Waals surface area contributed by atoms with Gasteiger partial charge in [0, 0.05) is 38.4 Å². The Morgan fingerprint density at radius 3 is 2.85 bits per heavy atom. The minimum absolute atomic E-state index is 0.708. The van der Waals surface area contributed by atoms with Crippen molar-refractivity contribution in [2.45, 2.75) is 38.8 Å². The van der Waals surface area contributed by atoms with Gasteiger partial charge in [0.15, 0.2) is 0 Å². The van der Waals surface area contributed by atoms with Crippen LogP contribution in [0.3, 0.4) is 0 Å². The van der Waals surface area contributed by atoms with Crippen molar-refractivity contribution in [3.63, 3.8) is 0 Å². The van der Waals surface area contributed by atoms with E-state index in [1.165, 1.54) is 50.1 Å². The molecule has 0 aliphatic carbocycles. The third-order valence-electron chi connectivity index (χ3n) is 5.05. The topological polar surface area (TPSA) is 18.5 Å². The first-order valence-electron chi connectivity index (χ1n) is 8.06. The lowest BCUT2D eigenvalue weighted by molar-refractivity contribution is 0.220. The molecule has 0 radical (unpaired) electrons. The molecule has 0 saturated carbocycles. The van der Waals surface area contributed by atoms with E-state index >= 15 is 0 Å². The number of rotatable bonds is 3. The van der Waals surface area contributed by atoms with E-state index in [-0.39, 0.29) is 0 Å². The quantitative estimate of drug-likeness (QED) is 0.911. The zero-order chi connectivity index (χ0) is 13.9. The summed E-state index contributed by atoms with van der Waals surface area (Å²) in [5.41, 5.74) is 4.54. The molecule has 1 fully saturated rings. The van der Waals surface area contributed by atoms with E-state index < -0.39 is 0 Å². The smallest absolute Gasteiger partial charge is 0.0402 e. The molecule has 3 heteroatoms. The van der Waals surface area contributed by atoms with Crippen molar-refractivity contribution in [2.75, 3.05) is 38.1 Å². The normalized spacial score (nSPS) is 20.7. The lowest BCUT2D eigenvalue weighted by atomic mass is 9.96. The summed E-state index contributed by atoms with van der Waals surface area (Å²) in [6.07, 6.45) is 3.77. The van der Waals surface area contributed by atoms with Crippen LogP contribution in [-0.4, -0.2) is 44.2 Å². The molecule has 3 rings (SSSR count). The van der Waals surface area contributed by atoms with Gasteiger partial charge in [-0.3, -0.25) is 0 Å². The van der Waals surface area contributed by atoms with Crippen LogP contribution in [0.4, 0.5) is 5.69 Å². The number of likely N-dealkylation sites (tertiary alicyclic amines) is 1. The maximum atomic E-state index is 3.47. The van der Waals surface area contributed by atoms with Crippen LogP contribution in [0.5, 0.6) is 0 Å². The molecule has 1 aromatic carbocycles. The summed E-state index contributed by atoms with van der Waals surface area (Å²) in [5.74, 6) is 0. The Hall–Kier alpha value is -1.06. The van der Waals surface area contributed by atoms with E-state index in [1.807, 2.05) is 0 Å². The minimum Gasteiger partial charge on any atom is -0.371 e. The molecule has 20 heavy (non-hydrogen) atoms. The Morgan fingerprint density at radius 1 is 1.30 bits per heavy atom. The fourth-order valence-electron chi connectivity index (χ4n) is 3.66. The van der Waals surface area contributed by atoms with Gasteiger partial charge in [0.1, 0.15) is 0 Å². The molecule has 1 saturated heterocycles. The third-order valence-corrected chi connectivity index (χ3v) is 5.05. The van der Waals surface area contributed by atoms with Crippen molar-refractivity contribution in [3.05, 3.63) is 29.3 Å². The standard InChI is InChI=1S/C17H27N3/c1-3-20-11-8-15(9-12-20)19(2)17-6-4-5-14-13-18-10-7-16(14)17/h4-6,15,18H,3,7-13H2,1-2H3. The van der Waals surface area contributed by atoms with E-state index in [9.17, 15) is 0 Å². The van der Waals surface area contributed by atoms with Crippen LogP contribution in [0.2, 0.25) is 0 Å². The van der Waals surface area contributed by atoms with Gasteiger partial charge in [-0.1, -0.05) is 19.1 Å². The van der Waals surface area contributed by atoms with E-state index in [4.69, 9.17) is 0 Å². The lowest BCUT2D eigenvalue weighted by Gasteiger charge is -2.39. The number of hydrogen-bond acceptors (Lipinski definition) is 3. The number of hydrogen-bond donors (Lipinski definition) is 1. The Morgan fingerprint density at radius 2 is 2.10 bits per heavy atom. The van der Waals surface area contributed by atoms with Gasteiger partial charge in [0.2, 0.25) is 0 Å².